The second-order valence-electron chi connectivity index (χ2n) is 5.09. The highest BCUT2D eigenvalue weighted by molar-refractivity contribution is 6.05. The average Bonchev–Trinajstić information content (AvgIpc) is 2.80. The van der Waals surface area contributed by atoms with Gasteiger partial charge in [-0.15, -0.1) is 0 Å². The van der Waals surface area contributed by atoms with Crippen molar-refractivity contribution in [2.24, 2.45) is 23.5 Å². The number of carbonyl (C=O) groups is 2. The van der Waals surface area contributed by atoms with Crippen molar-refractivity contribution in [1.82, 2.24) is 4.90 Å². The van der Waals surface area contributed by atoms with Crippen molar-refractivity contribution in [2.75, 3.05) is 6.54 Å². The van der Waals surface area contributed by atoms with Gasteiger partial charge in [-0.1, -0.05) is 13.3 Å². The molecule has 0 bridgehead atoms. The fourth-order valence-corrected chi connectivity index (χ4v) is 3.03. The van der Waals surface area contributed by atoms with Gasteiger partial charge in [0.1, 0.15) is 0 Å². The third-order valence-electron chi connectivity index (χ3n) is 4.13. The molecule has 2 fully saturated rings. The van der Waals surface area contributed by atoms with Crippen LogP contribution in [-0.2, 0) is 9.59 Å². The van der Waals surface area contributed by atoms with E-state index in [9.17, 15) is 9.59 Å². The fraction of sp³-hybridized carbons (Fsp3) is 0.833. The first-order chi connectivity index (χ1) is 7.60. The van der Waals surface area contributed by atoms with Gasteiger partial charge in [0.15, 0.2) is 0 Å². The number of hydrogen-bond acceptors (Lipinski definition) is 3. The van der Waals surface area contributed by atoms with E-state index in [1.165, 1.54) is 4.90 Å². The molecule has 16 heavy (non-hydrogen) atoms. The molecule has 0 aromatic carbocycles. The van der Waals surface area contributed by atoms with E-state index in [4.69, 9.17) is 5.73 Å². The van der Waals surface area contributed by atoms with E-state index in [2.05, 4.69) is 6.92 Å². The lowest BCUT2D eigenvalue weighted by molar-refractivity contribution is -0.142. The Morgan fingerprint density at radius 3 is 2.19 bits per heavy atom. The van der Waals surface area contributed by atoms with Gasteiger partial charge in [0, 0.05) is 12.6 Å². The summed E-state index contributed by atoms with van der Waals surface area (Å²) in [7, 11) is 0. The van der Waals surface area contributed by atoms with E-state index in [1.54, 1.807) is 0 Å². The summed E-state index contributed by atoms with van der Waals surface area (Å²) in [5.74, 6) is 0.490. The van der Waals surface area contributed by atoms with Gasteiger partial charge in [-0.05, 0) is 25.7 Å². The van der Waals surface area contributed by atoms with E-state index in [1.807, 2.05) is 6.92 Å². The second-order valence-corrected chi connectivity index (χ2v) is 5.09. The van der Waals surface area contributed by atoms with Gasteiger partial charge >= 0.3 is 0 Å². The van der Waals surface area contributed by atoms with Crippen LogP contribution >= 0.6 is 0 Å². The lowest BCUT2D eigenvalue weighted by atomic mass is 10.00. The quantitative estimate of drug-likeness (QED) is 0.720. The third-order valence-corrected chi connectivity index (χ3v) is 4.13. The summed E-state index contributed by atoms with van der Waals surface area (Å²) < 4.78 is 0. The van der Waals surface area contributed by atoms with Crippen molar-refractivity contribution >= 4 is 11.8 Å². The lowest BCUT2D eigenvalue weighted by Gasteiger charge is -2.23. The van der Waals surface area contributed by atoms with E-state index in [0.29, 0.717) is 12.5 Å². The Morgan fingerprint density at radius 2 is 1.81 bits per heavy atom. The summed E-state index contributed by atoms with van der Waals surface area (Å²) in [5.41, 5.74) is 5.53. The number of carbonyl (C=O) groups excluding carboxylic acids is 2. The lowest BCUT2D eigenvalue weighted by Crippen LogP contribution is -2.43. The van der Waals surface area contributed by atoms with Crippen LogP contribution in [0.5, 0.6) is 0 Å². The average molecular weight is 224 g/mol. The molecular formula is C12H20N2O2. The summed E-state index contributed by atoms with van der Waals surface area (Å²) in [4.78, 5) is 25.6. The van der Waals surface area contributed by atoms with Crippen molar-refractivity contribution < 1.29 is 9.59 Å². The van der Waals surface area contributed by atoms with Crippen LogP contribution in [0.1, 0.15) is 33.1 Å². The first-order valence-corrected chi connectivity index (χ1v) is 6.17. The molecule has 0 aromatic heterocycles. The monoisotopic (exact) mass is 224 g/mol. The van der Waals surface area contributed by atoms with Crippen LogP contribution < -0.4 is 5.73 Å². The molecule has 1 heterocycles. The molecule has 4 nitrogen and oxygen atoms in total. The van der Waals surface area contributed by atoms with Gasteiger partial charge in [0.05, 0.1) is 11.8 Å². The number of fused-ring (bicyclic) bond motifs is 1. The van der Waals surface area contributed by atoms with Crippen molar-refractivity contribution in [2.45, 2.75) is 39.2 Å². The molecule has 0 radical (unpaired) electrons. The van der Waals surface area contributed by atoms with Crippen molar-refractivity contribution in [3.63, 3.8) is 0 Å². The van der Waals surface area contributed by atoms with Gasteiger partial charge in [-0.25, -0.2) is 0 Å². The molecule has 2 aliphatic rings. The Bertz CT molecular complexity index is 292. The van der Waals surface area contributed by atoms with Crippen LogP contribution in [0.15, 0.2) is 0 Å². The highest BCUT2D eigenvalue weighted by Crippen LogP contribution is 2.44. The van der Waals surface area contributed by atoms with E-state index < -0.39 is 0 Å². The van der Waals surface area contributed by atoms with Crippen molar-refractivity contribution in [1.29, 1.82) is 0 Å². The van der Waals surface area contributed by atoms with Crippen LogP contribution in [0.2, 0.25) is 0 Å². The maximum atomic E-state index is 12.1. The zero-order chi connectivity index (χ0) is 11.9. The molecular weight excluding hydrogens is 204 g/mol. The van der Waals surface area contributed by atoms with E-state index in [-0.39, 0.29) is 29.7 Å². The van der Waals surface area contributed by atoms with Crippen molar-refractivity contribution in [3.8, 4) is 0 Å². The molecule has 2 rings (SSSR count). The zero-order valence-electron chi connectivity index (χ0n) is 9.98. The molecule has 1 aliphatic heterocycles. The topological polar surface area (TPSA) is 63.4 Å². The second kappa shape index (κ2) is 4.17. The number of nitrogens with two attached hydrogens (primary N) is 1. The molecule has 1 saturated carbocycles. The molecule has 1 aliphatic carbocycles. The minimum atomic E-state index is -0.148. The molecule has 90 valence electrons. The molecule has 2 amide bonds. The maximum Gasteiger partial charge on any atom is 0.233 e. The van der Waals surface area contributed by atoms with Gasteiger partial charge in [0.25, 0.3) is 0 Å². The predicted molar refractivity (Wildman–Crippen MR) is 60.4 cm³/mol. The molecule has 2 N–H and O–H groups in total. The normalized spacial score (nSPS) is 35.7. The molecule has 1 saturated heterocycles. The van der Waals surface area contributed by atoms with Crippen LogP contribution in [0, 0.1) is 17.8 Å². The third kappa shape index (κ3) is 1.56. The fourth-order valence-electron chi connectivity index (χ4n) is 3.03. The Balaban J connectivity index is 2.16. The number of amides is 2. The zero-order valence-corrected chi connectivity index (χ0v) is 9.98. The molecule has 0 spiro atoms. The number of likely N-dealkylation sites (tertiary alicyclic amines) is 1. The van der Waals surface area contributed by atoms with E-state index in [0.717, 1.165) is 19.3 Å². The number of hydrogen-bond donors (Lipinski definition) is 1. The number of imide groups is 1. The summed E-state index contributed by atoms with van der Waals surface area (Å²) in [5, 5.41) is 0. The Labute approximate surface area is 96.2 Å². The van der Waals surface area contributed by atoms with Gasteiger partial charge < -0.3 is 5.73 Å². The highest BCUT2D eigenvalue weighted by Gasteiger charge is 2.53. The van der Waals surface area contributed by atoms with Gasteiger partial charge in [-0.2, -0.15) is 0 Å². The van der Waals surface area contributed by atoms with E-state index >= 15 is 0 Å². The van der Waals surface area contributed by atoms with Crippen LogP contribution in [-0.4, -0.2) is 29.3 Å². The maximum absolute atomic E-state index is 12.1. The summed E-state index contributed by atoms with van der Waals surface area (Å²) >= 11 is 0. The first kappa shape index (κ1) is 11.6. The number of nitrogens with zero attached hydrogens (tertiary/aromatic N) is 1. The highest BCUT2D eigenvalue weighted by atomic mass is 16.2. The predicted octanol–water partition coefficient (Wildman–Crippen LogP) is 0.755. The van der Waals surface area contributed by atoms with Crippen LogP contribution in [0.3, 0.4) is 0 Å². The summed E-state index contributed by atoms with van der Waals surface area (Å²) in [6, 6.07) is -0.148. The van der Waals surface area contributed by atoms with Crippen LogP contribution in [0.25, 0.3) is 0 Å². The smallest absolute Gasteiger partial charge is 0.233 e. The van der Waals surface area contributed by atoms with Gasteiger partial charge in [0.2, 0.25) is 11.8 Å². The minimum absolute atomic E-state index is 0.0175. The Kier molecular flexibility index (Phi) is 3.02. The summed E-state index contributed by atoms with van der Waals surface area (Å²) in [6.07, 6.45) is 2.85. The Hall–Kier alpha value is -0.900. The molecule has 4 heteroatoms. The SMILES string of the molecule is CCC1CC2C(=O)N(C(C)CN)C(=O)C2C1. The number of rotatable bonds is 3. The minimum Gasteiger partial charge on any atom is -0.328 e. The summed E-state index contributed by atoms with van der Waals surface area (Å²) in [6.45, 7) is 4.32. The standard InChI is InChI=1S/C12H20N2O2/c1-3-8-4-9-10(5-8)12(16)14(11(9)15)7(2)6-13/h7-10H,3-6,13H2,1-2H3. The van der Waals surface area contributed by atoms with Crippen LogP contribution in [0.4, 0.5) is 0 Å². The molecule has 0 aromatic rings. The van der Waals surface area contributed by atoms with Gasteiger partial charge in [-0.3, -0.25) is 14.5 Å². The van der Waals surface area contributed by atoms with Crippen molar-refractivity contribution in [3.05, 3.63) is 0 Å². The largest absolute Gasteiger partial charge is 0.328 e. The Morgan fingerprint density at radius 1 is 1.31 bits per heavy atom. The molecule has 3 unspecified atom stereocenters. The molecule has 3 atom stereocenters. The first-order valence-electron chi connectivity index (χ1n) is 6.17.